The average Bonchev–Trinajstić information content (AvgIpc) is 2.74. The molecule has 0 fully saturated rings. The maximum Gasteiger partial charge on any atom is 0.334 e. The van der Waals surface area contributed by atoms with Crippen molar-refractivity contribution in [2.45, 2.75) is 27.2 Å². The highest BCUT2D eigenvalue weighted by Gasteiger charge is 2.16. The Balaban J connectivity index is 2.47. The Labute approximate surface area is 143 Å². The highest BCUT2D eigenvalue weighted by molar-refractivity contribution is 5.98. The predicted octanol–water partition coefficient (Wildman–Crippen LogP) is 4.28. The minimum absolute atomic E-state index is 0.307. The maximum absolute atomic E-state index is 12.1. The topological polar surface area (TPSA) is 51.5 Å². The zero-order valence-corrected chi connectivity index (χ0v) is 14.4. The first-order chi connectivity index (χ1) is 11.5. The van der Waals surface area contributed by atoms with Crippen LogP contribution in [-0.2, 0) is 9.53 Å². The van der Waals surface area contributed by atoms with Gasteiger partial charge >= 0.3 is 5.97 Å². The number of hydrogen-bond donors (Lipinski definition) is 0. The fourth-order valence-corrected chi connectivity index (χ4v) is 2.41. The van der Waals surface area contributed by atoms with Crippen molar-refractivity contribution in [2.24, 2.45) is 4.99 Å². The zero-order chi connectivity index (χ0) is 17.5. The van der Waals surface area contributed by atoms with Crippen LogP contribution in [-0.4, -0.2) is 23.3 Å². The van der Waals surface area contributed by atoms with E-state index in [1.165, 1.54) is 0 Å². The Kier molecular flexibility index (Phi) is 6.01. The van der Waals surface area contributed by atoms with Crippen molar-refractivity contribution in [3.8, 4) is 0 Å². The highest BCUT2D eigenvalue weighted by atomic mass is 16.5. The molecular weight excluding hydrogens is 300 g/mol. The molecule has 0 saturated heterocycles. The summed E-state index contributed by atoms with van der Waals surface area (Å²) in [5.74, 6) is -0.307. The van der Waals surface area contributed by atoms with E-state index in [4.69, 9.17) is 4.74 Å². The van der Waals surface area contributed by atoms with Crippen molar-refractivity contribution in [1.82, 2.24) is 4.98 Å². The molecule has 0 radical (unpaired) electrons. The summed E-state index contributed by atoms with van der Waals surface area (Å²) in [6, 6.07) is 5.78. The summed E-state index contributed by atoms with van der Waals surface area (Å²) in [4.78, 5) is 21.1. The molecule has 1 aliphatic heterocycles. The molecule has 1 aliphatic rings. The summed E-state index contributed by atoms with van der Waals surface area (Å²) >= 11 is 0. The van der Waals surface area contributed by atoms with E-state index in [1.54, 1.807) is 19.2 Å². The Morgan fingerprint density at radius 3 is 2.83 bits per heavy atom. The van der Waals surface area contributed by atoms with Gasteiger partial charge in [0.25, 0.3) is 0 Å². The predicted molar refractivity (Wildman–Crippen MR) is 97.6 cm³/mol. The van der Waals surface area contributed by atoms with Crippen molar-refractivity contribution >= 4 is 17.3 Å². The first-order valence-corrected chi connectivity index (χ1v) is 7.93. The first kappa shape index (κ1) is 17.6. The van der Waals surface area contributed by atoms with E-state index in [0.717, 1.165) is 28.2 Å². The summed E-state index contributed by atoms with van der Waals surface area (Å²) < 4.78 is 5.12. The number of ether oxygens (including phenoxy) is 1. The lowest BCUT2D eigenvalue weighted by molar-refractivity contribution is -0.138. The van der Waals surface area contributed by atoms with E-state index in [1.807, 2.05) is 44.2 Å². The van der Waals surface area contributed by atoms with Gasteiger partial charge in [-0.1, -0.05) is 18.7 Å². The van der Waals surface area contributed by atoms with Crippen LogP contribution in [0.4, 0.5) is 0 Å². The molecule has 0 aromatic carbocycles. The number of hydrogen-bond acceptors (Lipinski definition) is 4. The Morgan fingerprint density at radius 1 is 1.42 bits per heavy atom. The second-order valence-electron chi connectivity index (χ2n) is 5.50. The number of nitrogens with zero attached hydrogens (tertiary/aromatic N) is 2. The molecule has 0 spiro atoms. The summed E-state index contributed by atoms with van der Waals surface area (Å²) in [6.45, 7) is 9.89. The van der Waals surface area contributed by atoms with Gasteiger partial charge in [0.15, 0.2) is 0 Å². The molecule has 0 amide bonds. The number of aromatic nitrogens is 1. The SMILES string of the molecule is C=CC1=C(/C=C(\C)c2ccccn2)N=C(C)CC(C(=O)OCC)=C1. The van der Waals surface area contributed by atoms with Gasteiger partial charge in [-0.3, -0.25) is 9.98 Å². The lowest BCUT2D eigenvalue weighted by Crippen LogP contribution is -2.10. The second-order valence-corrected chi connectivity index (χ2v) is 5.50. The third-order valence-electron chi connectivity index (χ3n) is 3.56. The lowest BCUT2D eigenvalue weighted by atomic mass is 10.1. The molecule has 0 atom stereocenters. The molecule has 0 bridgehead atoms. The summed E-state index contributed by atoms with van der Waals surface area (Å²) in [5.41, 5.74) is 4.89. The molecule has 0 aliphatic carbocycles. The fraction of sp³-hybridized carbons (Fsp3) is 0.250. The number of rotatable bonds is 5. The number of aliphatic imine (C=N–C) groups is 1. The minimum atomic E-state index is -0.307. The smallest absolute Gasteiger partial charge is 0.334 e. The van der Waals surface area contributed by atoms with Gasteiger partial charge in [-0.15, -0.1) is 0 Å². The Hall–Kier alpha value is -2.75. The van der Waals surface area contributed by atoms with Gasteiger partial charge in [0.05, 0.1) is 18.0 Å². The molecule has 2 rings (SSSR count). The van der Waals surface area contributed by atoms with E-state index >= 15 is 0 Å². The minimum Gasteiger partial charge on any atom is -0.463 e. The summed E-state index contributed by atoms with van der Waals surface area (Å²) in [6.07, 6.45) is 7.71. The van der Waals surface area contributed by atoms with E-state index < -0.39 is 0 Å². The molecule has 1 aromatic rings. The molecule has 0 N–H and O–H groups in total. The van der Waals surface area contributed by atoms with Gasteiger partial charge in [-0.05, 0) is 50.6 Å². The van der Waals surface area contributed by atoms with E-state index in [0.29, 0.717) is 18.6 Å². The van der Waals surface area contributed by atoms with Crippen molar-refractivity contribution in [2.75, 3.05) is 6.61 Å². The maximum atomic E-state index is 12.1. The lowest BCUT2D eigenvalue weighted by Gasteiger charge is -2.05. The van der Waals surface area contributed by atoms with Crippen LogP contribution in [0, 0.1) is 0 Å². The van der Waals surface area contributed by atoms with Gasteiger partial charge in [-0.2, -0.15) is 0 Å². The van der Waals surface area contributed by atoms with Crippen LogP contribution in [0.2, 0.25) is 0 Å². The van der Waals surface area contributed by atoms with Crippen LogP contribution in [0.5, 0.6) is 0 Å². The molecular formula is C20H22N2O2. The number of allylic oxidation sites excluding steroid dienone is 5. The van der Waals surface area contributed by atoms with Crippen molar-refractivity contribution in [1.29, 1.82) is 0 Å². The van der Waals surface area contributed by atoms with E-state index in [2.05, 4.69) is 16.6 Å². The van der Waals surface area contributed by atoms with Gasteiger partial charge < -0.3 is 4.74 Å². The standard InChI is InChI=1S/C20H22N2O2/c1-5-16-13-17(20(23)24-6-2)12-15(4)22-19(16)11-14(3)18-9-7-8-10-21-18/h5,7-11,13H,1,6,12H2,2-4H3/b14-11+. The molecule has 4 nitrogen and oxygen atoms in total. The number of carbonyl (C=O) groups excluding carboxylic acids is 1. The number of pyridine rings is 1. The van der Waals surface area contributed by atoms with Crippen LogP contribution < -0.4 is 0 Å². The van der Waals surface area contributed by atoms with Crippen LogP contribution in [0.3, 0.4) is 0 Å². The Morgan fingerprint density at radius 2 is 2.21 bits per heavy atom. The average molecular weight is 322 g/mol. The summed E-state index contributed by atoms with van der Waals surface area (Å²) in [7, 11) is 0. The van der Waals surface area contributed by atoms with Crippen molar-refractivity contribution < 1.29 is 9.53 Å². The second kappa shape index (κ2) is 8.20. The Bertz CT molecular complexity index is 753. The zero-order valence-electron chi connectivity index (χ0n) is 14.4. The van der Waals surface area contributed by atoms with E-state index in [-0.39, 0.29) is 5.97 Å². The van der Waals surface area contributed by atoms with Gasteiger partial charge in [-0.25, -0.2) is 4.79 Å². The third kappa shape index (κ3) is 4.38. The molecule has 0 saturated carbocycles. The first-order valence-electron chi connectivity index (χ1n) is 7.93. The van der Waals surface area contributed by atoms with Crippen LogP contribution >= 0.6 is 0 Å². The normalized spacial score (nSPS) is 15.4. The summed E-state index contributed by atoms with van der Waals surface area (Å²) in [5, 5.41) is 0. The van der Waals surface area contributed by atoms with Gasteiger partial charge in [0, 0.05) is 29.5 Å². The van der Waals surface area contributed by atoms with E-state index in [9.17, 15) is 4.79 Å². The molecule has 0 unspecified atom stereocenters. The monoisotopic (exact) mass is 322 g/mol. The quantitative estimate of drug-likeness (QED) is 0.760. The fourth-order valence-electron chi connectivity index (χ4n) is 2.41. The molecule has 2 heterocycles. The number of carbonyl (C=O) groups is 1. The largest absolute Gasteiger partial charge is 0.463 e. The third-order valence-corrected chi connectivity index (χ3v) is 3.56. The molecule has 24 heavy (non-hydrogen) atoms. The highest BCUT2D eigenvalue weighted by Crippen LogP contribution is 2.24. The molecule has 1 aromatic heterocycles. The van der Waals surface area contributed by atoms with Crippen LogP contribution in [0.25, 0.3) is 5.57 Å². The number of esters is 1. The van der Waals surface area contributed by atoms with Crippen molar-refractivity contribution in [3.63, 3.8) is 0 Å². The van der Waals surface area contributed by atoms with Gasteiger partial charge in [0.2, 0.25) is 0 Å². The van der Waals surface area contributed by atoms with Crippen LogP contribution in [0.15, 0.2) is 71.0 Å². The van der Waals surface area contributed by atoms with Crippen LogP contribution in [0.1, 0.15) is 32.9 Å². The molecule has 124 valence electrons. The van der Waals surface area contributed by atoms with Gasteiger partial charge in [0.1, 0.15) is 0 Å². The molecule has 4 heteroatoms. The van der Waals surface area contributed by atoms with Crippen molar-refractivity contribution in [3.05, 3.63) is 71.7 Å².